The Morgan fingerprint density at radius 1 is 1.14 bits per heavy atom. The molecule has 4 nitrogen and oxygen atoms in total. The molecule has 1 heterocycles. The first kappa shape index (κ1) is 14.8. The maximum atomic E-state index is 14.0. The zero-order chi connectivity index (χ0) is 15.7. The highest BCUT2D eigenvalue weighted by Gasteiger charge is 2.12. The molecular weight excluding hydrogens is 328 g/mol. The van der Waals surface area contributed by atoms with Crippen LogP contribution in [0.3, 0.4) is 0 Å². The normalized spacial score (nSPS) is 10.7. The van der Waals surface area contributed by atoms with Crippen LogP contribution in [0.25, 0.3) is 10.9 Å². The van der Waals surface area contributed by atoms with Gasteiger partial charge in [0.2, 0.25) is 0 Å². The fourth-order valence-electron chi connectivity index (χ4n) is 2.04. The molecule has 0 aliphatic rings. The molecule has 0 atom stereocenters. The Morgan fingerprint density at radius 2 is 1.95 bits per heavy atom. The second-order valence-corrected chi connectivity index (χ2v) is 5.27. The number of nitrogens with one attached hydrogen (secondary N) is 1. The van der Waals surface area contributed by atoms with E-state index in [2.05, 4.69) is 15.3 Å². The summed E-state index contributed by atoms with van der Waals surface area (Å²) in [5, 5.41) is 4.00. The summed E-state index contributed by atoms with van der Waals surface area (Å²) >= 11 is 11.9. The van der Waals surface area contributed by atoms with Crippen LogP contribution in [0.5, 0.6) is 5.75 Å². The first-order chi connectivity index (χ1) is 10.6. The fourth-order valence-corrected chi connectivity index (χ4v) is 2.46. The van der Waals surface area contributed by atoms with Crippen LogP contribution < -0.4 is 10.1 Å². The summed E-state index contributed by atoms with van der Waals surface area (Å²) in [6.07, 6.45) is 1.38. The lowest BCUT2D eigenvalue weighted by Crippen LogP contribution is -1.99. The molecule has 0 fully saturated rings. The van der Waals surface area contributed by atoms with Crippen molar-refractivity contribution in [2.24, 2.45) is 0 Å². The summed E-state index contributed by atoms with van der Waals surface area (Å²) in [6.45, 7) is 0. The van der Waals surface area contributed by atoms with Crippen molar-refractivity contribution in [1.29, 1.82) is 0 Å². The molecule has 3 rings (SSSR count). The van der Waals surface area contributed by atoms with E-state index in [1.54, 1.807) is 24.3 Å². The monoisotopic (exact) mass is 337 g/mol. The molecule has 0 saturated heterocycles. The van der Waals surface area contributed by atoms with Gasteiger partial charge in [-0.3, -0.25) is 0 Å². The Balaban J connectivity index is 2.11. The third kappa shape index (κ3) is 2.65. The third-order valence-corrected chi connectivity index (χ3v) is 3.70. The van der Waals surface area contributed by atoms with E-state index in [9.17, 15) is 4.39 Å². The Morgan fingerprint density at radius 3 is 2.73 bits per heavy atom. The van der Waals surface area contributed by atoms with Gasteiger partial charge in [0, 0.05) is 11.5 Å². The van der Waals surface area contributed by atoms with E-state index in [1.165, 1.54) is 19.5 Å². The molecule has 0 aliphatic heterocycles. The second kappa shape index (κ2) is 5.94. The van der Waals surface area contributed by atoms with Crippen LogP contribution in [0.1, 0.15) is 0 Å². The van der Waals surface area contributed by atoms with Crippen molar-refractivity contribution in [3.05, 3.63) is 52.5 Å². The molecule has 0 bridgehead atoms. The summed E-state index contributed by atoms with van der Waals surface area (Å²) in [5.74, 6) is 0.388. The summed E-state index contributed by atoms with van der Waals surface area (Å²) in [7, 11) is 1.52. The van der Waals surface area contributed by atoms with Crippen LogP contribution in [0, 0.1) is 5.82 Å². The van der Waals surface area contributed by atoms with Gasteiger partial charge in [-0.25, -0.2) is 14.4 Å². The van der Waals surface area contributed by atoms with Crippen LogP contribution in [0.4, 0.5) is 15.9 Å². The Labute approximate surface area is 135 Å². The largest absolute Gasteiger partial charge is 0.495 e. The Kier molecular flexibility index (Phi) is 4.00. The van der Waals surface area contributed by atoms with E-state index in [4.69, 9.17) is 27.9 Å². The average molecular weight is 338 g/mol. The quantitative estimate of drug-likeness (QED) is 0.743. The van der Waals surface area contributed by atoms with Crippen molar-refractivity contribution in [1.82, 2.24) is 9.97 Å². The molecule has 22 heavy (non-hydrogen) atoms. The molecule has 112 valence electrons. The summed E-state index contributed by atoms with van der Waals surface area (Å²) in [5.41, 5.74) is 0.848. The van der Waals surface area contributed by atoms with Gasteiger partial charge in [0.15, 0.2) is 5.82 Å². The minimum Gasteiger partial charge on any atom is -0.495 e. The molecule has 0 spiro atoms. The second-order valence-electron chi connectivity index (χ2n) is 4.45. The Hall–Kier alpha value is -2.11. The molecule has 0 unspecified atom stereocenters. The summed E-state index contributed by atoms with van der Waals surface area (Å²) in [6, 6.07) is 8.05. The van der Waals surface area contributed by atoms with Crippen molar-refractivity contribution in [3.8, 4) is 5.75 Å². The zero-order valence-electron chi connectivity index (χ0n) is 11.4. The van der Waals surface area contributed by atoms with E-state index in [0.29, 0.717) is 27.5 Å². The number of hydrogen-bond donors (Lipinski definition) is 1. The van der Waals surface area contributed by atoms with Crippen molar-refractivity contribution in [2.45, 2.75) is 0 Å². The SMILES string of the molecule is COc1cc2ncnc(Nc3cccc(Cl)c3F)c2cc1Cl. The van der Waals surface area contributed by atoms with Gasteiger partial charge in [0.05, 0.1) is 28.4 Å². The lowest BCUT2D eigenvalue weighted by Gasteiger charge is -2.11. The van der Waals surface area contributed by atoms with Gasteiger partial charge in [-0.05, 0) is 18.2 Å². The topological polar surface area (TPSA) is 47.0 Å². The minimum absolute atomic E-state index is 0.0306. The number of nitrogens with zero attached hydrogens (tertiary/aromatic N) is 2. The van der Waals surface area contributed by atoms with Gasteiger partial charge in [-0.1, -0.05) is 29.3 Å². The number of anilines is 2. The van der Waals surface area contributed by atoms with Crippen LogP contribution in [0.2, 0.25) is 10.0 Å². The van der Waals surface area contributed by atoms with Gasteiger partial charge in [0.1, 0.15) is 17.9 Å². The maximum Gasteiger partial charge on any atom is 0.165 e. The smallest absolute Gasteiger partial charge is 0.165 e. The number of ether oxygens (including phenoxy) is 1. The molecule has 0 aliphatic carbocycles. The number of methoxy groups -OCH3 is 1. The van der Waals surface area contributed by atoms with Crippen LogP contribution >= 0.6 is 23.2 Å². The van der Waals surface area contributed by atoms with Gasteiger partial charge < -0.3 is 10.1 Å². The van der Waals surface area contributed by atoms with E-state index >= 15 is 0 Å². The molecule has 1 aromatic heterocycles. The molecule has 7 heteroatoms. The van der Waals surface area contributed by atoms with Gasteiger partial charge >= 0.3 is 0 Å². The van der Waals surface area contributed by atoms with E-state index in [0.717, 1.165) is 0 Å². The highest BCUT2D eigenvalue weighted by Crippen LogP contribution is 2.33. The highest BCUT2D eigenvalue weighted by molar-refractivity contribution is 6.33. The maximum absolute atomic E-state index is 14.0. The van der Waals surface area contributed by atoms with Crippen molar-refractivity contribution in [3.63, 3.8) is 0 Å². The van der Waals surface area contributed by atoms with Crippen molar-refractivity contribution >= 4 is 45.6 Å². The number of fused-ring (bicyclic) bond motifs is 1. The highest BCUT2D eigenvalue weighted by atomic mass is 35.5. The molecule has 3 aromatic rings. The number of hydrogen-bond acceptors (Lipinski definition) is 4. The summed E-state index contributed by atoms with van der Waals surface area (Å²) in [4.78, 5) is 8.30. The van der Waals surface area contributed by atoms with Gasteiger partial charge in [-0.15, -0.1) is 0 Å². The third-order valence-electron chi connectivity index (χ3n) is 3.11. The Bertz CT molecular complexity index is 858. The number of benzene rings is 2. The zero-order valence-corrected chi connectivity index (χ0v) is 12.9. The van der Waals surface area contributed by atoms with E-state index in [-0.39, 0.29) is 10.7 Å². The lowest BCUT2D eigenvalue weighted by atomic mass is 10.2. The van der Waals surface area contributed by atoms with Crippen LogP contribution in [-0.2, 0) is 0 Å². The minimum atomic E-state index is -0.546. The molecule has 2 aromatic carbocycles. The first-order valence-corrected chi connectivity index (χ1v) is 7.05. The molecule has 0 amide bonds. The molecular formula is C15H10Cl2FN3O. The van der Waals surface area contributed by atoms with Crippen molar-refractivity contribution < 1.29 is 9.13 Å². The predicted molar refractivity (Wildman–Crippen MR) is 85.8 cm³/mol. The first-order valence-electron chi connectivity index (χ1n) is 6.29. The van der Waals surface area contributed by atoms with Gasteiger partial charge in [-0.2, -0.15) is 0 Å². The predicted octanol–water partition coefficient (Wildman–Crippen LogP) is 4.83. The van der Waals surface area contributed by atoms with Crippen LogP contribution in [-0.4, -0.2) is 17.1 Å². The molecule has 1 N–H and O–H groups in total. The standard InChI is InChI=1S/C15H10Cl2FN3O/c1-22-13-6-12-8(5-10(13)17)15(20-7-19-12)21-11-4-2-3-9(16)14(11)18/h2-7H,1H3,(H,19,20,21). The average Bonchev–Trinajstić information content (AvgIpc) is 2.52. The van der Waals surface area contributed by atoms with Gasteiger partial charge in [0.25, 0.3) is 0 Å². The number of halogens is 3. The summed E-state index contributed by atoms with van der Waals surface area (Å²) < 4.78 is 19.2. The van der Waals surface area contributed by atoms with Crippen molar-refractivity contribution in [2.75, 3.05) is 12.4 Å². The van der Waals surface area contributed by atoms with Crippen LogP contribution in [0.15, 0.2) is 36.7 Å². The van der Waals surface area contributed by atoms with E-state index in [1.807, 2.05) is 0 Å². The fraction of sp³-hybridized carbons (Fsp3) is 0.0667. The number of aromatic nitrogens is 2. The molecule has 0 radical (unpaired) electrons. The van der Waals surface area contributed by atoms with E-state index < -0.39 is 5.82 Å². The lowest BCUT2D eigenvalue weighted by molar-refractivity contribution is 0.415. The molecule has 0 saturated carbocycles. The number of rotatable bonds is 3.